The van der Waals surface area contributed by atoms with Crippen LogP contribution >= 0.6 is 0 Å². The SMILES string of the molecule is CCCNNCCCCC=N. The Hall–Kier alpha value is -0.410. The molecule has 0 aromatic rings. The molecule has 11 heavy (non-hydrogen) atoms. The fourth-order valence-corrected chi connectivity index (χ4v) is 0.762. The largest absolute Gasteiger partial charge is 0.313 e. The van der Waals surface area contributed by atoms with Gasteiger partial charge in [-0.3, -0.25) is 10.9 Å². The van der Waals surface area contributed by atoms with Crippen LogP contribution in [-0.4, -0.2) is 19.3 Å². The smallest absolute Gasteiger partial charge is 0.00999 e. The fraction of sp³-hybridized carbons (Fsp3) is 0.875. The summed E-state index contributed by atoms with van der Waals surface area (Å²) in [4.78, 5) is 0. The molecule has 0 amide bonds. The summed E-state index contributed by atoms with van der Waals surface area (Å²) >= 11 is 0. The standard InChI is InChI=1S/C8H19N3/c1-2-7-10-11-8-5-3-4-6-9/h6,9-11H,2-5,7-8H2,1H3. The van der Waals surface area contributed by atoms with E-state index >= 15 is 0 Å². The second-order valence-electron chi connectivity index (χ2n) is 2.55. The van der Waals surface area contributed by atoms with E-state index in [1.807, 2.05) is 0 Å². The molecule has 0 fully saturated rings. The van der Waals surface area contributed by atoms with Crippen LogP contribution in [0.15, 0.2) is 0 Å². The normalized spacial score (nSPS) is 9.91. The van der Waals surface area contributed by atoms with Crippen LogP contribution in [0.1, 0.15) is 32.6 Å². The van der Waals surface area contributed by atoms with Crippen molar-refractivity contribution in [1.29, 1.82) is 5.41 Å². The van der Waals surface area contributed by atoms with Crippen LogP contribution in [0.5, 0.6) is 0 Å². The minimum atomic E-state index is 0.912. The maximum absolute atomic E-state index is 6.79. The first-order valence-electron chi connectivity index (χ1n) is 4.36. The molecule has 0 unspecified atom stereocenters. The minimum Gasteiger partial charge on any atom is -0.313 e. The summed E-state index contributed by atoms with van der Waals surface area (Å²) in [6.45, 7) is 4.18. The van der Waals surface area contributed by atoms with Crippen LogP contribution in [0.25, 0.3) is 0 Å². The molecule has 0 heterocycles. The first kappa shape index (κ1) is 10.6. The molecule has 0 saturated carbocycles. The molecule has 3 N–H and O–H groups in total. The van der Waals surface area contributed by atoms with Gasteiger partial charge in [0, 0.05) is 13.1 Å². The average Bonchev–Trinajstić information content (AvgIpc) is 2.03. The summed E-state index contributed by atoms with van der Waals surface area (Å²) < 4.78 is 0. The highest BCUT2D eigenvalue weighted by molar-refractivity contribution is 5.52. The topological polar surface area (TPSA) is 47.9 Å². The van der Waals surface area contributed by atoms with E-state index in [9.17, 15) is 0 Å². The molecule has 0 rings (SSSR count). The molecule has 0 aromatic heterocycles. The van der Waals surface area contributed by atoms with Gasteiger partial charge in [-0.1, -0.05) is 6.92 Å². The lowest BCUT2D eigenvalue weighted by Crippen LogP contribution is -2.32. The van der Waals surface area contributed by atoms with E-state index in [0.29, 0.717) is 0 Å². The Morgan fingerprint density at radius 1 is 1.18 bits per heavy atom. The van der Waals surface area contributed by atoms with Gasteiger partial charge in [0.05, 0.1) is 0 Å². The Bertz CT molecular complexity index is 83.4. The lowest BCUT2D eigenvalue weighted by atomic mass is 10.2. The molecule has 0 aromatic carbocycles. The molecule has 0 aliphatic carbocycles. The van der Waals surface area contributed by atoms with Crippen molar-refractivity contribution < 1.29 is 0 Å². The van der Waals surface area contributed by atoms with E-state index in [1.54, 1.807) is 0 Å². The van der Waals surface area contributed by atoms with Gasteiger partial charge in [-0.05, 0) is 31.9 Å². The van der Waals surface area contributed by atoms with Crippen molar-refractivity contribution >= 4 is 6.21 Å². The molecule has 3 heteroatoms. The molecule has 3 nitrogen and oxygen atoms in total. The van der Waals surface area contributed by atoms with Crippen LogP contribution in [0.3, 0.4) is 0 Å². The quantitative estimate of drug-likeness (QED) is 0.283. The van der Waals surface area contributed by atoms with Crippen LogP contribution < -0.4 is 10.9 Å². The number of hydrazine groups is 1. The van der Waals surface area contributed by atoms with Crippen molar-refractivity contribution in [1.82, 2.24) is 10.9 Å². The van der Waals surface area contributed by atoms with Crippen molar-refractivity contribution in [3.05, 3.63) is 0 Å². The molecule has 0 saturated heterocycles. The lowest BCUT2D eigenvalue weighted by molar-refractivity contribution is 0.513. The summed E-state index contributed by atoms with van der Waals surface area (Å²) in [6.07, 6.45) is 5.80. The summed E-state index contributed by atoms with van der Waals surface area (Å²) in [5.41, 5.74) is 6.22. The Kier molecular flexibility index (Phi) is 9.23. The van der Waals surface area contributed by atoms with Crippen molar-refractivity contribution in [3.8, 4) is 0 Å². The minimum absolute atomic E-state index is 0.912. The van der Waals surface area contributed by atoms with Gasteiger partial charge in [-0.2, -0.15) is 0 Å². The van der Waals surface area contributed by atoms with Gasteiger partial charge in [0.2, 0.25) is 0 Å². The van der Waals surface area contributed by atoms with Crippen molar-refractivity contribution in [2.75, 3.05) is 13.1 Å². The Labute approximate surface area is 69.0 Å². The second-order valence-corrected chi connectivity index (χ2v) is 2.55. The predicted octanol–water partition coefficient (Wildman–Crippen LogP) is 1.31. The highest BCUT2D eigenvalue weighted by Gasteiger charge is 1.85. The first-order valence-corrected chi connectivity index (χ1v) is 4.36. The maximum atomic E-state index is 6.79. The number of nitrogens with one attached hydrogen (secondary N) is 3. The van der Waals surface area contributed by atoms with Crippen LogP contribution in [0.4, 0.5) is 0 Å². The van der Waals surface area contributed by atoms with E-state index in [-0.39, 0.29) is 0 Å². The summed E-state index contributed by atoms with van der Waals surface area (Å²) in [5, 5.41) is 6.79. The molecular formula is C8H19N3. The van der Waals surface area contributed by atoms with Gasteiger partial charge in [-0.15, -0.1) is 0 Å². The van der Waals surface area contributed by atoms with E-state index in [4.69, 9.17) is 5.41 Å². The highest BCUT2D eigenvalue weighted by Crippen LogP contribution is 1.88. The molecule has 0 atom stereocenters. The zero-order chi connectivity index (χ0) is 8.36. The first-order chi connectivity index (χ1) is 5.41. The average molecular weight is 157 g/mol. The zero-order valence-corrected chi connectivity index (χ0v) is 7.32. The van der Waals surface area contributed by atoms with Gasteiger partial charge in [0.15, 0.2) is 0 Å². The second kappa shape index (κ2) is 9.59. The summed E-state index contributed by atoms with van der Waals surface area (Å²) in [7, 11) is 0. The number of rotatable bonds is 8. The number of hydrogen-bond donors (Lipinski definition) is 3. The van der Waals surface area contributed by atoms with E-state index < -0.39 is 0 Å². The van der Waals surface area contributed by atoms with E-state index in [2.05, 4.69) is 17.8 Å². The molecule has 0 aliphatic rings. The maximum Gasteiger partial charge on any atom is 0.00999 e. The molecule has 0 aliphatic heterocycles. The third kappa shape index (κ3) is 9.59. The van der Waals surface area contributed by atoms with Gasteiger partial charge in [-0.25, -0.2) is 0 Å². The van der Waals surface area contributed by atoms with Crippen molar-refractivity contribution in [2.45, 2.75) is 32.6 Å². The van der Waals surface area contributed by atoms with E-state index in [0.717, 1.165) is 38.8 Å². The van der Waals surface area contributed by atoms with Crippen LogP contribution in [-0.2, 0) is 0 Å². The molecule has 66 valence electrons. The molecule has 0 spiro atoms. The number of unbranched alkanes of at least 4 members (excludes halogenated alkanes) is 2. The van der Waals surface area contributed by atoms with Crippen molar-refractivity contribution in [3.63, 3.8) is 0 Å². The van der Waals surface area contributed by atoms with Crippen LogP contribution in [0.2, 0.25) is 0 Å². The van der Waals surface area contributed by atoms with Gasteiger partial charge in [0.1, 0.15) is 0 Å². The highest BCUT2D eigenvalue weighted by atomic mass is 15.3. The Balaban J connectivity index is 2.74. The Morgan fingerprint density at radius 2 is 1.91 bits per heavy atom. The predicted molar refractivity (Wildman–Crippen MR) is 48.9 cm³/mol. The molecule has 0 radical (unpaired) electrons. The zero-order valence-electron chi connectivity index (χ0n) is 7.32. The third-order valence-electron chi connectivity index (χ3n) is 1.40. The summed E-state index contributed by atoms with van der Waals surface area (Å²) in [6, 6.07) is 0. The molecule has 0 bridgehead atoms. The van der Waals surface area contributed by atoms with Gasteiger partial charge in [0.25, 0.3) is 0 Å². The monoisotopic (exact) mass is 157 g/mol. The third-order valence-corrected chi connectivity index (χ3v) is 1.40. The van der Waals surface area contributed by atoms with Gasteiger partial charge < -0.3 is 5.41 Å². The van der Waals surface area contributed by atoms with Crippen LogP contribution in [0, 0.1) is 5.41 Å². The molecular weight excluding hydrogens is 138 g/mol. The van der Waals surface area contributed by atoms with E-state index in [1.165, 1.54) is 6.21 Å². The van der Waals surface area contributed by atoms with Crippen molar-refractivity contribution in [2.24, 2.45) is 0 Å². The van der Waals surface area contributed by atoms with Gasteiger partial charge >= 0.3 is 0 Å². The summed E-state index contributed by atoms with van der Waals surface area (Å²) in [5.74, 6) is 0. The fourth-order valence-electron chi connectivity index (χ4n) is 0.762. The lowest BCUT2D eigenvalue weighted by Gasteiger charge is -2.03. The number of hydrogen-bond acceptors (Lipinski definition) is 3. The Morgan fingerprint density at radius 3 is 2.55 bits per heavy atom.